The van der Waals surface area contributed by atoms with Gasteiger partial charge in [-0.15, -0.1) is 10.2 Å². The summed E-state index contributed by atoms with van der Waals surface area (Å²) in [5.74, 6) is 0.579. The Labute approximate surface area is 132 Å². The summed E-state index contributed by atoms with van der Waals surface area (Å²) in [6.07, 6.45) is 4.77. The van der Waals surface area contributed by atoms with Gasteiger partial charge >= 0.3 is 5.97 Å². The van der Waals surface area contributed by atoms with Crippen molar-refractivity contribution in [3.8, 4) is 11.7 Å². The molecule has 0 unspecified atom stereocenters. The summed E-state index contributed by atoms with van der Waals surface area (Å²) >= 11 is 0. The minimum absolute atomic E-state index is 0.0658. The number of hydrogen-bond acceptors (Lipinski definition) is 6. The number of aromatic nitrogens is 2. The lowest BCUT2D eigenvalue weighted by Crippen LogP contribution is -2.06. The number of hydrogen-bond donors (Lipinski definition) is 0. The van der Waals surface area contributed by atoms with E-state index in [4.69, 9.17) is 13.6 Å². The zero-order valence-corrected chi connectivity index (χ0v) is 12.3. The van der Waals surface area contributed by atoms with Gasteiger partial charge in [-0.1, -0.05) is 6.07 Å². The molecule has 0 atom stereocenters. The Morgan fingerprint density at radius 3 is 2.96 bits per heavy atom. The lowest BCUT2D eigenvalue weighted by atomic mass is 10.1. The van der Waals surface area contributed by atoms with Crippen LogP contribution in [0.3, 0.4) is 0 Å². The van der Waals surface area contributed by atoms with Crippen LogP contribution in [-0.2, 0) is 24.2 Å². The molecule has 0 saturated heterocycles. The fourth-order valence-electron chi connectivity index (χ4n) is 2.72. The molecule has 1 aromatic carbocycles. The van der Waals surface area contributed by atoms with Crippen molar-refractivity contribution in [3.05, 3.63) is 59.2 Å². The molecule has 4 rings (SSSR count). The summed E-state index contributed by atoms with van der Waals surface area (Å²) in [7, 11) is 0. The molecule has 23 heavy (non-hydrogen) atoms. The zero-order chi connectivity index (χ0) is 15.6. The second kappa shape index (κ2) is 5.72. The molecule has 3 aromatic rings. The molecule has 1 aliphatic rings. The fourth-order valence-corrected chi connectivity index (χ4v) is 2.72. The minimum Gasteiger partial charge on any atom is -0.459 e. The Hall–Kier alpha value is -2.89. The number of carbonyl (C=O) groups excluding carboxylic acids is 1. The van der Waals surface area contributed by atoms with Gasteiger partial charge in [-0.2, -0.15) is 0 Å². The van der Waals surface area contributed by atoms with Crippen LogP contribution in [0.1, 0.15) is 33.8 Å². The van der Waals surface area contributed by atoms with E-state index < -0.39 is 5.97 Å². The van der Waals surface area contributed by atoms with Crippen molar-refractivity contribution in [2.75, 3.05) is 0 Å². The van der Waals surface area contributed by atoms with Gasteiger partial charge in [-0.3, -0.25) is 0 Å². The standard InChI is InChI=1S/C17H14N2O4/c20-17(13-7-6-11-3-1-4-12(11)9-13)22-10-15-18-19-16(23-15)14-5-2-8-21-14/h2,5-9H,1,3-4,10H2. The molecular formula is C17H14N2O4. The Kier molecular flexibility index (Phi) is 3.42. The van der Waals surface area contributed by atoms with Gasteiger partial charge in [0.1, 0.15) is 0 Å². The molecule has 0 aliphatic heterocycles. The molecular weight excluding hydrogens is 296 g/mol. The molecule has 6 nitrogen and oxygen atoms in total. The highest BCUT2D eigenvalue weighted by molar-refractivity contribution is 5.89. The van der Waals surface area contributed by atoms with Crippen molar-refractivity contribution < 1.29 is 18.4 Å². The Morgan fingerprint density at radius 1 is 1.17 bits per heavy atom. The number of benzene rings is 1. The highest BCUT2D eigenvalue weighted by Crippen LogP contribution is 2.23. The van der Waals surface area contributed by atoms with Crippen molar-refractivity contribution in [3.63, 3.8) is 0 Å². The molecule has 0 radical (unpaired) electrons. The van der Waals surface area contributed by atoms with Gasteiger partial charge in [0.2, 0.25) is 0 Å². The lowest BCUT2D eigenvalue weighted by Gasteiger charge is -2.04. The second-order valence-corrected chi connectivity index (χ2v) is 5.39. The number of rotatable bonds is 4. The van der Waals surface area contributed by atoms with Gasteiger partial charge < -0.3 is 13.6 Å². The van der Waals surface area contributed by atoms with E-state index in [-0.39, 0.29) is 18.4 Å². The van der Waals surface area contributed by atoms with Crippen LogP contribution >= 0.6 is 0 Å². The van der Waals surface area contributed by atoms with Crippen LogP contribution in [0.25, 0.3) is 11.7 Å². The predicted octanol–water partition coefficient (Wildman–Crippen LogP) is 3.18. The van der Waals surface area contributed by atoms with Crippen molar-refractivity contribution in [1.82, 2.24) is 10.2 Å². The zero-order valence-electron chi connectivity index (χ0n) is 12.3. The average Bonchev–Trinajstić information content (AvgIpc) is 3.32. The maximum atomic E-state index is 12.1. The normalized spacial score (nSPS) is 13.0. The van der Waals surface area contributed by atoms with Gasteiger partial charge in [-0.05, 0) is 54.7 Å². The molecule has 0 amide bonds. The molecule has 0 fully saturated rings. The number of esters is 1. The third kappa shape index (κ3) is 2.75. The van der Waals surface area contributed by atoms with Gasteiger partial charge in [-0.25, -0.2) is 4.79 Å². The number of aryl methyl sites for hydroxylation is 2. The summed E-state index contributed by atoms with van der Waals surface area (Å²) in [5.41, 5.74) is 3.11. The van der Waals surface area contributed by atoms with E-state index in [2.05, 4.69) is 10.2 Å². The molecule has 6 heteroatoms. The van der Waals surface area contributed by atoms with E-state index in [9.17, 15) is 4.79 Å². The molecule has 1 aliphatic carbocycles. The topological polar surface area (TPSA) is 78.4 Å². The van der Waals surface area contributed by atoms with Crippen LogP contribution in [0.2, 0.25) is 0 Å². The number of carbonyl (C=O) groups is 1. The summed E-state index contributed by atoms with van der Waals surface area (Å²) in [6.45, 7) is -0.0658. The smallest absolute Gasteiger partial charge is 0.338 e. The van der Waals surface area contributed by atoms with E-state index in [1.54, 1.807) is 18.2 Å². The maximum absolute atomic E-state index is 12.1. The maximum Gasteiger partial charge on any atom is 0.338 e. The number of ether oxygens (including phenoxy) is 1. The predicted molar refractivity (Wildman–Crippen MR) is 79.6 cm³/mol. The summed E-state index contributed by atoms with van der Waals surface area (Å²) < 4.78 is 15.8. The third-order valence-electron chi connectivity index (χ3n) is 3.86. The van der Waals surface area contributed by atoms with Gasteiger partial charge in [0.05, 0.1) is 11.8 Å². The van der Waals surface area contributed by atoms with E-state index in [0.29, 0.717) is 11.3 Å². The van der Waals surface area contributed by atoms with Crippen LogP contribution in [0.5, 0.6) is 0 Å². The Bertz CT molecular complexity index is 836. The van der Waals surface area contributed by atoms with Crippen LogP contribution in [0, 0.1) is 0 Å². The van der Waals surface area contributed by atoms with Gasteiger partial charge in [0, 0.05) is 0 Å². The highest BCUT2D eigenvalue weighted by Gasteiger charge is 2.16. The molecule has 0 saturated carbocycles. The summed E-state index contributed by atoms with van der Waals surface area (Å²) in [5, 5.41) is 7.70. The van der Waals surface area contributed by atoms with Gasteiger partial charge in [0.25, 0.3) is 11.8 Å². The first kappa shape index (κ1) is 13.8. The first-order chi connectivity index (χ1) is 11.3. The quantitative estimate of drug-likeness (QED) is 0.689. The molecule has 2 aromatic heterocycles. The first-order valence-corrected chi connectivity index (χ1v) is 7.45. The Morgan fingerprint density at radius 2 is 2.09 bits per heavy atom. The molecule has 116 valence electrons. The van der Waals surface area contributed by atoms with Crippen molar-refractivity contribution in [2.45, 2.75) is 25.9 Å². The third-order valence-corrected chi connectivity index (χ3v) is 3.86. The highest BCUT2D eigenvalue weighted by atomic mass is 16.5. The average molecular weight is 310 g/mol. The molecule has 0 bridgehead atoms. The van der Waals surface area contributed by atoms with Crippen molar-refractivity contribution in [2.24, 2.45) is 0 Å². The van der Waals surface area contributed by atoms with E-state index >= 15 is 0 Å². The SMILES string of the molecule is O=C(OCc1nnc(-c2ccco2)o1)c1ccc2c(c1)CCC2. The van der Waals surface area contributed by atoms with E-state index in [1.807, 2.05) is 12.1 Å². The molecule has 0 spiro atoms. The Balaban J connectivity index is 1.42. The van der Waals surface area contributed by atoms with Crippen LogP contribution < -0.4 is 0 Å². The summed E-state index contributed by atoms with van der Waals surface area (Å²) in [6, 6.07) is 9.16. The largest absolute Gasteiger partial charge is 0.459 e. The fraction of sp³-hybridized carbons (Fsp3) is 0.235. The van der Waals surface area contributed by atoms with Crippen LogP contribution in [0.4, 0.5) is 0 Å². The van der Waals surface area contributed by atoms with Crippen LogP contribution in [-0.4, -0.2) is 16.2 Å². The van der Waals surface area contributed by atoms with Gasteiger partial charge in [0.15, 0.2) is 12.4 Å². The number of fused-ring (bicyclic) bond motifs is 1. The van der Waals surface area contributed by atoms with E-state index in [0.717, 1.165) is 19.3 Å². The number of nitrogens with zero attached hydrogens (tertiary/aromatic N) is 2. The van der Waals surface area contributed by atoms with Crippen molar-refractivity contribution >= 4 is 5.97 Å². The van der Waals surface area contributed by atoms with Crippen LogP contribution in [0.15, 0.2) is 45.4 Å². The lowest BCUT2D eigenvalue weighted by molar-refractivity contribution is 0.0438. The summed E-state index contributed by atoms with van der Waals surface area (Å²) in [4.78, 5) is 12.1. The monoisotopic (exact) mass is 310 g/mol. The number of furan rings is 1. The van der Waals surface area contributed by atoms with E-state index in [1.165, 1.54) is 17.4 Å². The minimum atomic E-state index is -0.391. The first-order valence-electron chi connectivity index (χ1n) is 7.45. The molecule has 2 heterocycles. The molecule has 0 N–H and O–H groups in total. The van der Waals surface area contributed by atoms with Crippen molar-refractivity contribution in [1.29, 1.82) is 0 Å². The second-order valence-electron chi connectivity index (χ2n) is 5.39.